The number of piperazine rings is 1. The Bertz CT molecular complexity index is 1300. The highest BCUT2D eigenvalue weighted by molar-refractivity contribution is 7.92. The van der Waals surface area contributed by atoms with E-state index in [0.717, 1.165) is 39.1 Å². The van der Waals surface area contributed by atoms with Crippen molar-refractivity contribution in [3.8, 4) is 5.75 Å². The number of fused-ring (bicyclic) bond motifs is 1. The molecule has 4 rings (SSSR count). The molecule has 0 radical (unpaired) electrons. The number of carboxylic acids is 1. The fourth-order valence-corrected chi connectivity index (χ4v) is 5.15. The molecule has 9 nitrogen and oxygen atoms in total. The van der Waals surface area contributed by atoms with Crippen molar-refractivity contribution < 1.29 is 23.1 Å². The van der Waals surface area contributed by atoms with Crippen molar-refractivity contribution in [2.75, 3.05) is 49.5 Å². The third kappa shape index (κ3) is 7.52. The van der Waals surface area contributed by atoms with Gasteiger partial charge in [0.2, 0.25) is 0 Å². The summed E-state index contributed by atoms with van der Waals surface area (Å²) in [7, 11) is -2.36. The van der Waals surface area contributed by atoms with Crippen LogP contribution in [0.1, 0.15) is 23.7 Å². The van der Waals surface area contributed by atoms with Crippen molar-refractivity contribution in [1.82, 2.24) is 9.88 Å². The van der Waals surface area contributed by atoms with Gasteiger partial charge in [-0.3, -0.25) is 9.62 Å². The number of benzene rings is 2. The lowest BCUT2D eigenvalue weighted by molar-refractivity contribution is 0.0699. The van der Waals surface area contributed by atoms with Crippen LogP contribution in [0.15, 0.2) is 53.4 Å². The first-order valence-corrected chi connectivity index (χ1v) is 12.6. The first-order valence-electron chi connectivity index (χ1n) is 11.1. The lowest BCUT2D eigenvalue weighted by Crippen LogP contribution is -2.46. The molecule has 1 saturated heterocycles. The molecule has 1 aliphatic heterocycles. The number of pyridine rings is 1. The zero-order chi connectivity index (χ0) is 24.3. The van der Waals surface area contributed by atoms with Crippen LogP contribution in [0.4, 0.5) is 11.5 Å². The van der Waals surface area contributed by atoms with Crippen molar-refractivity contribution in [3.63, 3.8) is 0 Å². The fraction of sp³-hybridized carbons (Fsp3) is 0.333. The third-order valence-electron chi connectivity index (χ3n) is 5.88. The van der Waals surface area contributed by atoms with Gasteiger partial charge in [-0.25, -0.2) is 18.2 Å². The fourth-order valence-electron chi connectivity index (χ4n) is 4.10. The number of ether oxygens (including phenoxy) is 1. The number of aromatic carboxylic acids is 1. The Morgan fingerprint density at radius 3 is 2.24 bits per heavy atom. The summed E-state index contributed by atoms with van der Waals surface area (Å²) >= 11 is 0. The van der Waals surface area contributed by atoms with Gasteiger partial charge in [-0.15, -0.1) is 37.2 Å². The minimum absolute atomic E-state index is 0. The number of anilines is 2. The Balaban J connectivity index is 0.00000228. The number of aromatic nitrogens is 1. The van der Waals surface area contributed by atoms with Crippen molar-refractivity contribution in [2.24, 2.45) is 0 Å². The predicted molar refractivity (Wildman–Crippen MR) is 153 cm³/mol. The highest BCUT2D eigenvalue weighted by Gasteiger charge is 2.21. The van der Waals surface area contributed by atoms with E-state index in [4.69, 9.17) is 4.74 Å². The van der Waals surface area contributed by atoms with E-state index in [9.17, 15) is 18.3 Å². The van der Waals surface area contributed by atoms with Crippen LogP contribution in [0, 0.1) is 0 Å². The molecule has 13 heteroatoms. The maximum absolute atomic E-state index is 12.8. The summed E-state index contributed by atoms with van der Waals surface area (Å²) in [5.41, 5.74) is 0.841. The van der Waals surface area contributed by atoms with Crippen LogP contribution in [-0.2, 0) is 10.0 Å². The average Bonchev–Trinajstić information content (AvgIpc) is 2.84. The van der Waals surface area contributed by atoms with Crippen molar-refractivity contribution in [3.05, 3.63) is 54.1 Å². The number of nitrogens with zero attached hydrogens (tertiary/aromatic N) is 3. The van der Waals surface area contributed by atoms with Gasteiger partial charge in [0.25, 0.3) is 10.0 Å². The summed E-state index contributed by atoms with van der Waals surface area (Å²) in [5, 5.41) is 10.2. The van der Waals surface area contributed by atoms with Gasteiger partial charge >= 0.3 is 5.97 Å². The molecular formula is C24H31Cl3N4O5S. The molecule has 1 aliphatic rings. The second-order valence-corrected chi connectivity index (χ2v) is 9.86. The molecular weight excluding hydrogens is 563 g/mol. The predicted octanol–water partition coefficient (Wildman–Crippen LogP) is 4.54. The molecule has 204 valence electrons. The number of rotatable bonds is 8. The zero-order valence-corrected chi connectivity index (χ0v) is 23.7. The number of hydrogen-bond donors (Lipinski definition) is 2. The van der Waals surface area contributed by atoms with Crippen LogP contribution in [-0.4, -0.2) is 69.2 Å². The molecule has 0 amide bonds. The van der Waals surface area contributed by atoms with Crippen molar-refractivity contribution in [1.29, 1.82) is 0 Å². The van der Waals surface area contributed by atoms with Gasteiger partial charge in [0.1, 0.15) is 11.6 Å². The van der Waals surface area contributed by atoms with Gasteiger partial charge in [0.05, 0.1) is 23.1 Å². The molecule has 2 N–H and O–H groups in total. The monoisotopic (exact) mass is 592 g/mol. The van der Waals surface area contributed by atoms with Crippen LogP contribution in [0.5, 0.6) is 5.75 Å². The number of carbonyl (C=O) groups is 1. The Kier molecular flexibility index (Phi) is 12.2. The van der Waals surface area contributed by atoms with Gasteiger partial charge in [0.15, 0.2) is 0 Å². The van der Waals surface area contributed by atoms with E-state index >= 15 is 0 Å². The molecule has 0 aliphatic carbocycles. The molecule has 1 fully saturated rings. The molecule has 0 unspecified atom stereocenters. The highest BCUT2D eigenvalue weighted by Crippen LogP contribution is 2.28. The van der Waals surface area contributed by atoms with Crippen molar-refractivity contribution >= 4 is 75.6 Å². The second kappa shape index (κ2) is 13.9. The van der Waals surface area contributed by atoms with Gasteiger partial charge < -0.3 is 14.7 Å². The first kappa shape index (κ1) is 32.5. The maximum Gasteiger partial charge on any atom is 0.336 e. The topological polar surface area (TPSA) is 112 Å². The van der Waals surface area contributed by atoms with Crippen LogP contribution >= 0.6 is 37.2 Å². The molecule has 0 saturated carbocycles. The van der Waals surface area contributed by atoms with Crippen LogP contribution in [0.3, 0.4) is 0 Å². The van der Waals surface area contributed by atoms with E-state index in [1.165, 1.54) is 25.3 Å². The first-order chi connectivity index (χ1) is 16.3. The van der Waals surface area contributed by atoms with Gasteiger partial charge in [-0.1, -0.05) is 6.92 Å². The van der Waals surface area contributed by atoms with Crippen molar-refractivity contribution in [2.45, 2.75) is 18.2 Å². The van der Waals surface area contributed by atoms with Gasteiger partial charge in [-0.2, -0.15) is 0 Å². The third-order valence-corrected chi connectivity index (χ3v) is 7.28. The Hall–Kier alpha value is -2.50. The second-order valence-electron chi connectivity index (χ2n) is 8.17. The number of hydrogen-bond acceptors (Lipinski definition) is 7. The molecule has 3 aromatic rings. The summed E-state index contributed by atoms with van der Waals surface area (Å²) in [4.78, 5) is 21.3. The van der Waals surface area contributed by atoms with E-state index in [-0.39, 0.29) is 53.4 Å². The molecule has 0 bridgehead atoms. The molecule has 0 atom stereocenters. The number of halogens is 3. The summed E-state index contributed by atoms with van der Waals surface area (Å²) in [5.74, 6) is 0.0745. The maximum atomic E-state index is 12.8. The zero-order valence-electron chi connectivity index (χ0n) is 20.4. The minimum Gasteiger partial charge on any atom is -0.497 e. The average molecular weight is 594 g/mol. The summed E-state index contributed by atoms with van der Waals surface area (Å²) in [6, 6.07) is 12.3. The largest absolute Gasteiger partial charge is 0.497 e. The summed E-state index contributed by atoms with van der Waals surface area (Å²) in [6.45, 7) is 6.56. The molecule has 0 spiro atoms. The summed E-state index contributed by atoms with van der Waals surface area (Å²) in [6.07, 6.45) is 1.10. The van der Waals surface area contributed by atoms with Crippen LogP contribution in [0.25, 0.3) is 10.9 Å². The van der Waals surface area contributed by atoms with Gasteiger partial charge in [0, 0.05) is 37.3 Å². The van der Waals surface area contributed by atoms with E-state index in [1.54, 1.807) is 30.3 Å². The van der Waals surface area contributed by atoms with E-state index in [1.807, 2.05) is 0 Å². The highest BCUT2D eigenvalue weighted by atomic mass is 35.5. The number of methoxy groups -OCH3 is 1. The quantitative estimate of drug-likeness (QED) is 0.392. The molecule has 2 heterocycles. The minimum atomic E-state index is -3.86. The molecule has 37 heavy (non-hydrogen) atoms. The van der Waals surface area contributed by atoms with Crippen LogP contribution < -0.4 is 14.4 Å². The SMILES string of the molecule is CCCN1CCN(c2cc(C(=O)O)c3cc(NS(=O)(=O)c4ccc(OC)cc4)ccc3n2)CC1.Cl.Cl.Cl. The van der Waals surface area contributed by atoms with Crippen LogP contribution in [0.2, 0.25) is 0 Å². The lowest BCUT2D eigenvalue weighted by atomic mass is 10.1. The van der Waals surface area contributed by atoms with E-state index < -0.39 is 16.0 Å². The molecule has 1 aromatic heterocycles. The standard InChI is InChI=1S/C24H28N4O5S.3ClH/c1-3-10-27-11-13-28(14-12-27)23-16-21(24(29)30)20-15-17(4-9-22(20)25-23)26-34(31,32)19-7-5-18(33-2)6-8-19;;;/h4-9,15-16,26H,3,10-14H2,1-2H3,(H,29,30);3*1H. The van der Waals surface area contributed by atoms with E-state index in [0.29, 0.717) is 22.5 Å². The summed E-state index contributed by atoms with van der Waals surface area (Å²) < 4.78 is 33.2. The Labute approximate surface area is 235 Å². The Morgan fingerprint density at radius 2 is 1.68 bits per heavy atom. The lowest BCUT2D eigenvalue weighted by Gasteiger charge is -2.35. The Morgan fingerprint density at radius 1 is 1.03 bits per heavy atom. The van der Waals surface area contributed by atoms with E-state index in [2.05, 4.69) is 26.4 Å². The number of carboxylic acid groups (broad SMARTS) is 1. The number of sulfonamides is 1. The number of nitrogens with one attached hydrogen (secondary N) is 1. The van der Waals surface area contributed by atoms with Gasteiger partial charge in [-0.05, 0) is 61.5 Å². The molecule has 2 aromatic carbocycles. The smallest absolute Gasteiger partial charge is 0.336 e. The normalized spacial score (nSPS) is 13.6.